The SMILES string of the molecule is O=C(NC(=O)c1ccc(F)cc1)Nc1ccc(Oc2ncnc3c2ncn3CC2CC2)cc1. The number of urea groups is 1. The highest BCUT2D eigenvalue weighted by Crippen LogP contribution is 2.32. The van der Waals surface area contributed by atoms with Crippen LogP contribution in [0.2, 0.25) is 0 Å². The van der Waals surface area contributed by atoms with Gasteiger partial charge in [0.15, 0.2) is 11.2 Å². The number of hydrogen-bond donors (Lipinski definition) is 2. The number of imidazole rings is 1. The van der Waals surface area contributed by atoms with Gasteiger partial charge in [0.2, 0.25) is 0 Å². The Morgan fingerprint density at radius 3 is 2.52 bits per heavy atom. The van der Waals surface area contributed by atoms with Gasteiger partial charge in [-0.05, 0) is 67.3 Å². The van der Waals surface area contributed by atoms with Crippen LogP contribution in [0.5, 0.6) is 11.6 Å². The first-order chi connectivity index (χ1) is 16.0. The van der Waals surface area contributed by atoms with Crippen molar-refractivity contribution in [2.24, 2.45) is 5.92 Å². The van der Waals surface area contributed by atoms with E-state index < -0.39 is 17.8 Å². The molecule has 33 heavy (non-hydrogen) atoms. The minimum Gasteiger partial charge on any atom is -0.437 e. The number of rotatable bonds is 6. The van der Waals surface area contributed by atoms with Crippen molar-refractivity contribution in [2.45, 2.75) is 19.4 Å². The zero-order chi connectivity index (χ0) is 22.8. The van der Waals surface area contributed by atoms with Crippen LogP contribution in [0.25, 0.3) is 11.2 Å². The molecule has 0 saturated heterocycles. The zero-order valence-electron chi connectivity index (χ0n) is 17.4. The molecule has 2 aromatic carbocycles. The van der Waals surface area contributed by atoms with E-state index >= 15 is 0 Å². The predicted molar refractivity (Wildman–Crippen MR) is 117 cm³/mol. The molecule has 0 unspecified atom stereocenters. The first kappa shape index (κ1) is 20.6. The summed E-state index contributed by atoms with van der Waals surface area (Å²) in [5.41, 5.74) is 1.94. The molecule has 3 amide bonds. The van der Waals surface area contributed by atoms with E-state index in [0.717, 1.165) is 24.3 Å². The topological polar surface area (TPSA) is 111 Å². The summed E-state index contributed by atoms with van der Waals surface area (Å²) in [6.45, 7) is 0.888. The molecule has 1 aliphatic carbocycles. The number of aromatic nitrogens is 4. The number of ether oxygens (including phenoxy) is 1. The fourth-order valence-corrected chi connectivity index (χ4v) is 3.30. The van der Waals surface area contributed by atoms with E-state index in [4.69, 9.17) is 4.74 Å². The number of carbonyl (C=O) groups is 2. The van der Waals surface area contributed by atoms with Crippen LogP contribution in [0.3, 0.4) is 0 Å². The first-order valence-electron chi connectivity index (χ1n) is 10.4. The monoisotopic (exact) mass is 446 g/mol. The van der Waals surface area contributed by atoms with E-state index in [1.165, 1.54) is 31.3 Å². The highest BCUT2D eigenvalue weighted by molar-refractivity contribution is 6.07. The molecule has 0 bridgehead atoms. The molecule has 1 fully saturated rings. The number of anilines is 1. The molecule has 0 spiro atoms. The Bertz CT molecular complexity index is 1320. The lowest BCUT2D eigenvalue weighted by Crippen LogP contribution is -2.34. The molecule has 4 aromatic rings. The number of fused-ring (bicyclic) bond motifs is 1. The minimum absolute atomic E-state index is 0.172. The smallest absolute Gasteiger partial charge is 0.326 e. The van der Waals surface area contributed by atoms with Gasteiger partial charge >= 0.3 is 6.03 Å². The van der Waals surface area contributed by atoms with Crippen LogP contribution in [0.4, 0.5) is 14.9 Å². The van der Waals surface area contributed by atoms with Gasteiger partial charge in [-0.25, -0.2) is 19.2 Å². The van der Waals surface area contributed by atoms with Crippen LogP contribution in [0, 0.1) is 11.7 Å². The molecule has 1 saturated carbocycles. The molecule has 1 aliphatic rings. The Labute approximate surface area is 187 Å². The van der Waals surface area contributed by atoms with Crippen molar-refractivity contribution in [3.8, 4) is 11.6 Å². The second-order valence-electron chi connectivity index (χ2n) is 7.73. The van der Waals surface area contributed by atoms with Gasteiger partial charge in [-0.3, -0.25) is 10.1 Å². The second kappa shape index (κ2) is 8.65. The van der Waals surface area contributed by atoms with Crippen LogP contribution >= 0.6 is 0 Å². The van der Waals surface area contributed by atoms with E-state index in [9.17, 15) is 14.0 Å². The highest BCUT2D eigenvalue weighted by Gasteiger charge is 2.23. The fourth-order valence-electron chi connectivity index (χ4n) is 3.30. The summed E-state index contributed by atoms with van der Waals surface area (Å²) in [5, 5.41) is 4.75. The van der Waals surface area contributed by atoms with Crippen molar-refractivity contribution in [2.75, 3.05) is 5.32 Å². The normalized spacial score (nSPS) is 13.0. The van der Waals surface area contributed by atoms with Crippen molar-refractivity contribution in [1.29, 1.82) is 0 Å². The van der Waals surface area contributed by atoms with Crippen molar-refractivity contribution < 1.29 is 18.7 Å². The highest BCUT2D eigenvalue weighted by atomic mass is 19.1. The van der Waals surface area contributed by atoms with Gasteiger partial charge in [0, 0.05) is 17.8 Å². The van der Waals surface area contributed by atoms with Gasteiger partial charge < -0.3 is 14.6 Å². The van der Waals surface area contributed by atoms with Crippen LogP contribution in [0.1, 0.15) is 23.2 Å². The molecule has 166 valence electrons. The standard InChI is InChI=1S/C23H19FN6O3/c24-16-5-3-15(4-6-16)21(31)29-23(32)28-17-7-9-18(10-8-17)33-22-19-20(25-12-26-22)30(13-27-19)11-14-1-2-14/h3-10,12-14H,1-2,11H2,(H2,28,29,31,32). The molecule has 5 rings (SSSR count). The van der Waals surface area contributed by atoms with Crippen molar-refractivity contribution >= 4 is 28.8 Å². The van der Waals surface area contributed by atoms with Gasteiger partial charge in [-0.2, -0.15) is 4.98 Å². The largest absolute Gasteiger partial charge is 0.437 e. The van der Waals surface area contributed by atoms with Gasteiger partial charge in [0.25, 0.3) is 11.8 Å². The molecule has 0 radical (unpaired) electrons. The first-order valence-corrected chi connectivity index (χ1v) is 10.4. The van der Waals surface area contributed by atoms with Gasteiger partial charge in [-0.15, -0.1) is 0 Å². The third kappa shape index (κ3) is 4.79. The van der Waals surface area contributed by atoms with Gasteiger partial charge in [0.05, 0.1) is 6.33 Å². The van der Waals surface area contributed by atoms with Crippen LogP contribution in [-0.2, 0) is 6.54 Å². The lowest BCUT2D eigenvalue weighted by atomic mass is 10.2. The quantitative estimate of drug-likeness (QED) is 0.461. The number of halogens is 1. The number of nitrogens with zero attached hydrogens (tertiary/aromatic N) is 4. The minimum atomic E-state index is -0.711. The maximum atomic E-state index is 13.0. The predicted octanol–water partition coefficient (Wildman–Crippen LogP) is 4.13. The summed E-state index contributed by atoms with van der Waals surface area (Å²) >= 11 is 0. The maximum Gasteiger partial charge on any atom is 0.326 e. The van der Waals surface area contributed by atoms with Crippen molar-refractivity contribution in [3.05, 3.63) is 72.6 Å². The van der Waals surface area contributed by atoms with Gasteiger partial charge in [-0.1, -0.05) is 0 Å². The lowest BCUT2D eigenvalue weighted by molar-refractivity contribution is 0.0967. The number of benzene rings is 2. The summed E-state index contributed by atoms with van der Waals surface area (Å²) in [6, 6.07) is 10.7. The molecule has 9 nitrogen and oxygen atoms in total. The second-order valence-corrected chi connectivity index (χ2v) is 7.73. The Balaban J connectivity index is 1.22. The van der Waals surface area contributed by atoms with Crippen molar-refractivity contribution in [1.82, 2.24) is 24.8 Å². The Kier molecular flexibility index (Phi) is 5.39. The molecule has 2 heterocycles. The molecule has 10 heteroatoms. The molecule has 0 aliphatic heterocycles. The van der Waals surface area contributed by atoms with E-state index in [2.05, 4.69) is 25.6 Å². The number of carbonyl (C=O) groups excluding carboxylic acids is 2. The van der Waals surface area contributed by atoms with E-state index in [0.29, 0.717) is 28.8 Å². The Morgan fingerprint density at radius 1 is 1.03 bits per heavy atom. The molecule has 2 N–H and O–H groups in total. The Hall–Kier alpha value is -4.34. The maximum absolute atomic E-state index is 13.0. The zero-order valence-corrected chi connectivity index (χ0v) is 17.4. The molecular formula is C23H19FN6O3. The van der Waals surface area contributed by atoms with E-state index in [1.807, 2.05) is 4.57 Å². The summed E-state index contributed by atoms with van der Waals surface area (Å²) in [4.78, 5) is 37.1. The lowest BCUT2D eigenvalue weighted by Gasteiger charge is -2.09. The number of nitrogens with one attached hydrogen (secondary N) is 2. The molecular weight excluding hydrogens is 427 g/mol. The number of amides is 3. The average molecular weight is 446 g/mol. The van der Waals surface area contributed by atoms with Crippen LogP contribution < -0.4 is 15.4 Å². The van der Waals surface area contributed by atoms with Crippen LogP contribution in [0.15, 0.2) is 61.2 Å². The number of hydrogen-bond acceptors (Lipinski definition) is 6. The Morgan fingerprint density at radius 2 is 1.79 bits per heavy atom. The third-order valence-electron chi connectivity index (χ3n) is 5.18. The van der Waals surface area contributed by atoms with Crippen LogP contribution in [-0.4, -0.2) is 31.5 Å². The van der Waals surface area contributed by atoms with E-state index in [-0.39, 0.29) is 5.56 Å². The summed E-state index contributed by atoms with van der Waals surface area (Å²) in [5.74, 6) is 0.428. The summed E-state index contributed by atoms with van der Waals surface area (Å²) < 4.78 is 20.9. The van der Waals surface area contributed by atoms with Crippen molar-refractivity contribution in [3.63, 3.8) is 0 Å². The molecule has 2 aromatic heterocycles. The fraction of sp³-hybridized carbons (Fsp3) is 0.174. The average Bonchev–Trinajstić information content (AvgIpc) is 3.53. The van der Waals surface area contributed by atoms with Gasteiger partial charge in [0.1, 0.15) is 17.9 Å². The van der Waals surface area contributed by atoms with E-state index in [1.54, 1.807) is 30.6 Å². The third-order valence-corrected chi connectivity index (χ3v) is 5.18. The molecule has 0 atom stereocenters. The number of imide groups is 1. The summed E-state index contributed by atoms with van der Waals surface area (Å²) in [7, 11) is 0. The summed E-state index contributed by atoms with van der Waals surface area (Å²) in [6.07, 6.45) is 5.66.